The first kappa shape index (κ1) is 21.1. The van der Waals surface area contributed by atoms with Gasteiger partial charge in [-0.05, 0) is 55.5 Å². The number of hydrogen-bond donors (Lipinski definition) is 1. The molecule has 0 atom stereocenters. The summed E-state index contributed by atoms with van der Waals surface area (Å²) in [4.78, 5) is 26.5. The van der Waals surface area contributed by atoms with Gasteiger partial charge in [-0.2, -0.15) is 5.10 Å². The number of carbonyl (C=O) groups is 1. The zero-order valence-corrected chi connectivity index (χ0v) is 17.5. The molecule has 0 spiro atoms. The highest BCUT2D eigenvalue weighted by Crippen LogP contribution is 2.19. The zero-order valence-electron chi connectivity index (χ0n) is 17.5. The predicted octanol–water partition coefficient (Wildman–Crippen LogP) is 2.81. The van der Waals surface area contributed by atoms with Gasteiger partial charge in [-0.1, -0.05) is 6.07 Å². The Hall–Kier alpha value is -3.61. The lowest BCUT2D eigenvalue weighted by atomic mass is 10.1. The number of amides is 1. The van der Waals surface area contributed by atoms with Crippen molar-refractivity contribution in [3.05, 3.63) is 76.6 Å². The van der Waals surface area contributed by atoms with Crippen molar-refractivity contribution in [3.63, 3.8) is 0 Å². The first-order chi connectivity index (χ1) is 14.5. The van der Waals surface area contributed by atoms with Gasteiger partial charge in [0.2, 0.25) is 0 Å². The van der Waals surface area contributed by atoms with Gasteiger partial charge in [-0.3, -0.25) is 9.59 Å². The monoisotopic (exact) mass is 406 g/mol. The summed E-state index contributed by atoms with van der Waals surface area (Å²) < 4.78 is 6.82. The molecule has 30 heavy (non-hydrogen) atoms. The second kappa shape index (κ2) is 9.73. The molecule has 0 unspecified atom stereocenters. The van der Waals surface area contributed by atoms with E-state index in [1.807, 2.05) is 68.4 Å². The minimum Gasteiger partial charge on any atom is -0.494 e. The second-order valence-electron chi connectivity index (χ2n) is 6.94. The summed E-state index contributed by atoms with van der Waals surface area (Å²) in [5, 5.41) is 7.28. The molecule has 2 aromatic carbocycles. The standard InChI is InChI=1S/C23H26N4O3/c1-4-30-20-10-8-17(9-11-20)21-12-13-22(28)27(25-21)15-14-24-23(29)18-6-5-7-19(16-18)26(2)3/h5-13,16H,4,14-15H2,1-3H3,(H,24,29). The SMILES string of the molecule is CCOc1ccc(-c2ccc(=O)n(CCNC(=O)c3cccc(N(C)C)c3)n2)cc1. The van der Waals surface area contributed by atoms with Crippen molar-refractivity contribution in [1.82, 2.24) is 15.1 Å². The maximum atomic E-state index is 12.4. The number of benzene rings is 2. The van der Waals surface area contributed by atoms with E-state index in [-0.39, 0.29) is 18.0 Å². The van der Waals surface area contributed by atoms with Gasteiger partial charge in [0.1, 0.15) is 5.75 Å². The number of rotatable bonds is 8. The van der Waals surface area contributed by atoms with E-state index in [2.05, 4.69) is 10.4 Å². The molecule has 1 N–H and O–H groups in total. The number of nitrogens with zero attached hydrogens (tertiary/aromatic N) is 3. The normalized spacial score (nSPS) is 10.5. The molecule has 0 bridgehead atoms. The van der Waals surface area contributed by atoms with Crippen LogP contribution < -0.4 is 20.5 Å². The fourth-order valence-electron chi connectivity index (χ4n) is 2.95. The Balaban J connectivity index is 1.65. The molecule has 3 aromatic rings. The molecule has 0 aliphatic rings. The van der Waals surface area contributed by atoms with Crippen LogP contribution in [-0.2, 0) is 6.54 Å². The number of carbonyl (C=O) groups excluding carboxylic acids is 1. The van der Waals surface area contributed by atoms with E-state index in [4.69, 9.17) is 4.74 Å². The van der Waals surface area contributed by atoms with Crippen LogP contribution in [-0.4, -0.2) is 42.9 Å². The third-order valence-electron chi connectivity index (χ3n) is 4.56. The molecule has 0 saturated carbocycles. The second-order valence-corrected chi connectivity index (χ2v) is 6.94. The molecule has 0 aliphatic carbocycles. The Labute approximate surface area is 175 Å². The van der Waals surface area contributed by atoms with Crippen LogP contribution in [0.4, 0.5) is 5.69 Å². The lowest BCUT2D eigenvalue weighted by molar-refractivity contribution is 0.0952. The average Bonchev–Trinajstić information content (AvgIpc) is 2.76. The van der Waals surface area contributed by atoms with Crippen LogP contribution in [0.5, 0.6) is 5.75 Å². The quantitative estimate of drug-likeness (QED) is 0.623. The van der Waals surface area contributed by atoms with Gasteiger partial charge in [-0.25, -0.2) is 4.68 Å². The smallest absolute Gasteiger partial charge is 0.266 e. The van der Waals surface area contributed by atoms with Crippen LogP contribution in [0.3, 0.4) is 0 Å². The Bertz CT molecular complexity index is 1060. The van der Waals surface area contributed by atoms with Crippen molar-refractivity contribution in [2.75, 3.05) is 32.1 Å². The maximum Gasteiger partial charge on any atom is 0.266 e. The lowest BCUT2D eigenvalue weighted by Crippen LogP contribution is -2.32. The largest absolute Gasteiger partial charge is 0.494 e. The van der Waals surface area contributed by atoms with Crippen molar-refractivity contribution >= 4 is 11.6 Å². The summed E-state index contributed by atoms with van der Waals surface area (Å²) in [6.45, 7) is 3.12. The summed E-state index contributed by atoms with van der Waals surface area (Å²) in [5.41, 5.74) is 2.88. The summed E-state index contributed by atoms with van der Waals surface area (Å²) in [6.07, 6.45) is 0. The Morgan fingerprint density at radius 3 is 2.57 bits per heavy atom. The van der Waals surface area contributed by atoms with Crippen molar-refractivity contribution < 1.29 is 9.53 Å². The number of ether oxygens (including phenoxy) is 1. The van der Waals surface area contributed by atoms with E-state index >= 15 is 0 Å². The fraction of sp³-hybridized carbons (Fsp3) is 0.261. The Kier molecular flexibility index (Phi) is 6.85. The molecule has 7 nitrogen and oxygen atoms in total. The van der Waals surface area contributed by atoms with Crippen LogP contribution in [0.2, 0.25) is 0 Å². The molecule has 0 saturated heterocycles. The summed E-state index contributed by atoms with van der Waals surface area (Å²) in [7, 11) is 3.85. The highest BCUT2D eigenvalue weighted by molar-refractivity contribution is 5.95. The lowest BCUT2D eigenvalue weighted by Gasteiger charge is -2.13. The van der Waals surface area contributed by atoms with Gasteiger partial charge >= 0.3 is 0 Å². The topological polar surface area (TPSA) is 76.5 Å². The van der Waals surface area contributed by atoms with Gasteiger partial charge in [0.15, 0.2) is 0 Å². The van der Waals surface area contributed by atoms with E-state index in [1.54, 1.807) is 12.1 Å². The molecule has 3 rings (SSSR count). The van der Waals surface area contributed by atoms with Gasteiger partial charge in [0.25, 0.3) is 11.5 Å². The van der Waals surface area contributed by atoms with Crippen molar-refractivity contribution in [1.29, 1.82) is 0 Å². The molecule has 156 valence electrons. The maximum absolute atomic E-state index is 12.4. The molecular weight excluding hydrogens is 380 g/mol. The Morgan fingerprint density at radius 2 is 1.87 bits per heavy atom. The van der Waals surface area contributed by atoms with E-state index < -0.39 is 0 Å². The molecule has 0 fully saturated rings. The third-order valence-corrected chi connectivity index (χ3v) is 4.56. The summed E-state index contributed by atoms with van der Waals surface area (Å²) in [5.74, 6) is 0.602. The van der Waals surface area contributed by atoms with E-state index in [0.29, 0.717) is 24.4 Å². The van der Waals surface area contributed by atoms with Crippen LogP contribution in [0.15, 0.2) is 65.5 Å². The fourth-order valence-corrected chi connectivity index (χ4v) is 2.95. The van der Waals surface area contributed by atoms with Gasteiger partial charge < -0.3 is 15.0 Å². The highest BCUT2D eigenvalue weighted by Gasteiger charge is 2.08. The van der Waals surface area contributed by atoms with Gasteiger partial charge in [-0.15, -0.1) is 0 Å². The number of aromatic nitrogens is 2. The summed E-state index contributed by atoms with van der Waals surface area (Å²) >= 11 is 0. The highest BCUT2D eigenvalue weighted by atomic mass is 16.5. The van der Waals surface area contributed by atoms with Crippen molar-refractivity contribution in [3.8, 4) is 17.0 Å². The first-order valence-corrected chi connectivity index (χ1v) is 9.85. The molecular formula is C23H26N4O3. The number of hydrogen-bond acceptors (Lipinski definition) is 5. The van der Waals surface area contributed by atoms with Crippen molar-refractivity contribution in [2.24, 2.45) is 0 Å². The van der Waals surface area contributed by atoms with Crippen molar-refractivity contribution in [2.45, 2.75) is 13.5 Å². The Morgan fingerprint density at radius 1 is 1.10 bits per heavy atom. The number of nitrogens with one attached hydrogen (secondary N) is 1. The molecule has 1 aromatic heterocycles. The van der Waals surface area contributed by atoms with Crippen LogP contribution in [0.25, 0.3) is 11.3 Å². The molecule has 7 heteroatoms. The molecule has 1 amide bonds. The molecule has 1 heterocycles. The molecule has 0 aliphatic heterocycles. The van der Waals surface area contributed by atoms with Gasteiger partial charge in [0.05, 0.1) is 18.8 Å². The zero-order chi connectivity index (χ0) is 21.5. The van der Waals surface area contributed by atoms with Crippen LogP contribution in [0.1, 0.15) is 17.3 Å². The number of anilines is 1. The summed E-state index contributed by atoms with van der Waals surface area (Å²) in [6, 6.07) is 18.1. The van der Waals surface area contributed by atoms with Crippen LogP contribution in [0, 0.1) is 0 Å². The minimum absolute atomic E-state index is 0.186. The van der Waals surface area contributed by atoms with E-state index in [1.165, 1.54) is 10.7 Å². The average molecular weight is 406 g/mol. The van der Waals surface area contributed by atoms with Crippen LogP contribution >= 0.6 is 0 Å². The van der Waals surface area contributed by atoms with Gasteiger partial charge in [0, 0.05) is 43.5 Å². The first-order valence-electron chi connectivity index (χ1n) is 9.85. The predicted molar refractivity (Wildman–Crippen MR) is 118 cm³/mol. The third kappa shape index (κ3) is 5.26. The van der Waals surface area contributed by atoms with E-state index in [0.717, 1.165) is 17.0 Å². The molecule has 0 radical (unpaired) electrons. The van der Waals surface area contributed by atoms with E-state index in [9.17, 15) is 9.59 Å². The minimum atomic E-state index is -0.214.